The summed E-state index contributed by atoms with van der Waals surface area (Å²) in [6, 6.07) is 1.19. The fourth-order valence-electron chi connectivity index (χ4n) is 0.255. The summed E-state index contributed by atoms with van der Waals surface area (Å²) < 4.78 is 0. The van der Waals surface area contributed by atoms with E-state index in [1.54, 1.807) is 0 Å². The van der Waals surface area contributed by atoms with Gasteiger partial charge in [0, 0.05) is 0 Å². The van der Waals surface area contributed by atoms with Crippen molar-refractivity contribution in [3.8, 4) is 0 Å². The molecule has 0 saturated carbocycles. The minimum Gasteiger partial charge on any atom is -0.310 e. The molecule has 0 unspecified atom stereocenters. The molecule has 1 N–H and O–H groups in total. The average Bonchev–Trinajstić information content (AvgIpc) is 1.76. The van der Waals surface area contributed by atoms with Crippen LogP contribution >= 0.6 is 0 Å². The van der Waals surface area contributed by atoms with Gasteiger partial charge in [-0.1, -0.05) is 0 Å². The third-order valence-electron chi connectivity index (χ3n) is 0.473. The first-order valence-electron chi connectivity index (χ1n) is 1.60. The average molecular weight is 87.2 g/mol. The predicted octanol–water partition coefficient (Wildman–Crippen LogP) is -0.441. The molecule has 1 rings (SSSR count). The first-order valence-corrected chi connectivity index (χ1v) is 2.80. The quantitative estimate of drug-likeness (QED) is 0.404. The van der Waals surface area contributed by atoms with E-state index < -0.39 is 0 Å². The second-order valence-corrected chi connectivity index (χ2v) is 1.93. The molecule has 0 bridgehead atoms. The Labute approximate surface area is 33.4 Å². The number of nitrogens with one attached hydrogen (secondary N) is 1. The molecule has 0 aromatic rings. The Kier molecular flexibility index (Phi) is 1.03. The highest BCUT2D eigenvalue weighted by Gasteiger charge is 1.96. The Morgan fingerprint density at radius 3 is 3.00 bits per heavy atom. The lowest BCUT2D eigenvalue weighted by Crippen LogP contribution is -2.05. The molecule has 1 aliphatic rings. The Balaban J connectivity index is 2.08. The van der Waals surface area contributed by atoms with Crippen molar-refractivity contribution >= 4 is 9.68 Å². The Hall–Kier alpha value is 0.137. The molecule has 1 saturated heterocycles. The van der Waals surface area contributed by atoms with Gasteiger partial charge in [0.25, 0.3) is 0 Å². The summed E-state index contributed by atoms with van der Waals surface area (Å²) in [5, 5.41) is 2.75. The summed E-state index contributed by atoms with van der Waals surface area (Å²) in [6.45, 7) is 0.901. The second-order valence-electron chi connectivity index (χ2n) is 0.877. The number of rotatable bonds is 0. The van der Waals surface area contributed by atoms with Crippen molar-refractivity contribution < 1.29 is 4.84 Å². The number of hydrogen-bond donors (Lipinski definition) is 1. The van der Waals surface area contributed by atoms with Gasteiger partial charge in [-0.3, -0.25) is 0 Å². The summed E-state index contributed by atoms with van der Waals surface area (Å²) in [4.78, 5) is 4.71. The van der Waals surface area contributed by atoms with Crippen LogP contribution in [0.15, 0.2) is 0 Å². The second kappa shape index (κ2) is 1.54. The topological polar surface area (TPSA) is 21.3 Å². The molecule has 1 heterocycles. The van der Waals surface area contributed by atoms with Crippen LogP contribution in [0.1, 0.15) is 0 Å². The Morgan fingerprint density at radius 2 is 2.80 bits per heavy atom. The third kappa shape index (κ3) is 0.716. The van der Waals surface area contributed by atoms with Crippen LogP contribution in [0, 0.1) is 0 Å². The summed E-state index contributed by atoms with van der Waals surface area (Å²) >= 11 is 0. The van der Waals surface area contributed by atoms with E-state index >= 15 is 0 Å². The first-order chi connectivity index (χ1) is 2.50. The minimum absolute atomic E-state index is 0.836. The number of hydrogen-bond acceptors (Lipinski definition) is 2. The predicted molar refractivity (Wildman–Crippen MR) is 19.6 cm³/mol. The molecule has 2 radical (unpaired) electrons. The summed E-state index contributed by atoms with van der Waals surface area (Å²) in [5.74, 6) is 0. The molecule has 0 amide bonds. The zero-order chi connectivity index (χ0) is 3.54. The van der Waals surface area contributed by atoms with Crippen molar-refractivity contribution in [1.82, 2.24) is 5.15 Å². The smallest absolute Gasteiger partial charge is 0.177 e. The first kappa shape index (κ1) is 3.33. The van der Waals surface area contributed by atoms with Crippen LogP contribution in [0.25, 0.3) is 0 Å². The lowest BCUT2D eigenvalue weighted by Gasteiger charge is -1.80. The normalized spacial score (nSPS) is 24.0. The van der Waals surface area contributed by atoms with E-state index in [9.17, 15) is 0 Å². The maximum atomic E-state index is 4.71. The fraction of sp³-hybridized carbons (Fsp3) is 1.00. The fourth-order valence-corrected chi connectivity index (χ4v) is 0.765. The largest absolute Gasteiger partial charge is 0.310 e. The molecule has 0 spiro atoms. The van der Waals surface area contributed by atoms with Crippen molar-refractivity contribution in [2.45, 2.75) is 6.04 Å². The zero-order valence-corrected chi connectivity index (χ0v) is 3.82. The van der Waals surface area contributed by atoms with Crippen LogP contribution in [0.5, 0.6) is 0 Å². The van der Waals surface area contributed by atoms with Gasteiger partial charge in [-0.15, -0.1) is 0 Å². The molecule has 1 aliphatic heterocycles. The van der Waals surface area contributed by atoms with Crippen LogP contribution in [0.3, 0.4) is 0 Å². The van der Waals surface area contributed by atoms with E-state index in [-0.39, 0.29) is 0 Å². The molecule has 0 atom stereocenters. The van der Waals surface area contributed by atoms with Gasteiger partial charge in [-0.2, -0.15) is 0 Å². The lowest BCUT2D eigenvalue weighted by molar-refractivity contribution is 0.128. The van der Waals surface area contributed by atoms with Gasteiger partial charge in [-0.05, 0) is 6.04 Å². The lowest BCUT2D eigenvalue weighted by atomic mass is 10.9. The van der Waals surface area contributed by atoms with E-state index in [0.29, 0.717) is 0 Å². The molecule has 0 aliphatic carbocycles. The molecular formula is C2H5NOSi. The summed E-state index contributed by atoms with van der Waals surface area (Å²) in [7, 11) is 0.836. The van der Waals surface area contributed by atoms with Crippen LogP contribution in [-0.2, 0) is 4.84 Å². The molecule has 28 valence electrons. The van der Waals surface area contributed by atoms with Gasteiger partial charge in [0.05, 0.1) is 6.61 Å². The molecule has 5 heavy (non-hydrogen) atoms. The molecule has 3 heteroatoms. The zero-order valence-electron chi connectivity index (χ0n) is 2.82. The van der Waals surface area contributed by atoms with Crippen molar-refractivity contribution in [2.24, 2.45) is 0 Å². The van der Waals surface area contributed by atoms with E-state index in [1.807, 2.05) is 0 Å². The van der Waals surface area contributed by atoms with E-state index in [4.69, 9.17) is 4.84 Å². The van der Waals surface area contributed by atoms with Crippen LogP contribution < -0.4 is 5.15 Å². The SMILES string of the molecule is C1C[Si]NO1. The van der Waals surface area contributed by atoms with Gasteiger partial charge in [0.2, 0.25) is 0 Å². The van der Waals surface area contributed by atoms with Crippen LogP contribution in [-0.4, -0.2) is 16.3 Å². The van der Waals surface area contributed by atoms with E-state index in [0.717, 1.165) is 16.3 Å². The van der Waals surface area contributed by atoms with Crippen molar-refractivity contribution in [2.75, 3.05) is 6.61 Å². The van der Waals surface area contributed by atoms with E-state index in [2.05, 4.69) is 5.15 Å². The van der Waals surface area contributed by atoms with Gasteiger partial charge in [-0.25, -0.2) is 5.15 Å². The highest BCUT2D eigenvalue weighted by Crippen LogP contribution is 1.82. The third-order valence-corrected chi connectivity index (χ3v) is 1.22. The highest BCUT2D eigenvalue weighted by molar-refractivity contribution is 6.32. The van der Waals surface area contributed by atoms with Crippen LogP contribution in [0.2, 0.25) is 6.04 Å². The van der Waals surface area contributed by atoms with Gasteiger partial charge < -0.3 is 4.84 Å². The van der Waals surface area contributed by atoms with Gasteiger partial charge in [0.15, 0.2) is 9.68 Å². The highest BCUT2D eigenvalue weighted by atomic mass is 28.2. The molecule has 1 fully saturated rings. The molecular weight excluding hydrogens is 82.1 g/mol. The van der Waals surface area contributed by atoms with Crippen molar-refractivity contribution in [3.63, 3.8) is 0 Å². The van der Waals surface area contributed by atoms with Crippen LogP contribution in [0.4, 0.5) is 0 Å². The minimum atomic E-state index is 0.836. The molecule has 2 nitrogen and oxygen atoms in total. The maximum Gasteiger partial charge on any atom is 0.177 e. The molecule has 0 aromatic heterocycles. The van der Waals surface area contributed by atoms with Crippen molar-refractivity contribution in [3.05, 3.63) is 0 Å². The van der Waals surface area contributed by atoms with Gasteiger partial charge >= 0.3 is 0 Å². The standard InChI is InChI=1S/C2H5NOSi/c1-2-5-3-4-1/h3H,1-2H2. The maximum absolute atomic E-state index is 4.71. The van der Waals surface area contributed by atoms with Crippen molar-refractivity contribution in [1.29, 1.82) is 0 Å². The Morgan fingerprint density at radius 1 is 1.80 bits per heavy atom. The Bertz CT molecular complexity index is 21.2. The van der Waals surface area contributed by atoms with Gasteiger partial charge in [0.1, 0.15) is 0 Å². The summed E-state index contributed by atoms with van der Waals surface area (Å²) in [5.41, 5.74) is 0. The van der Waals surface area contributed by atoms with E-state index in [1.165, 1.54) is 6.04 Å². The molecule has 0 aromatic carbocycles. The summed E-state index contributed by atoms with van der Waals surface area (Å²) in [6.07, 6.45) is 0. The monoisotopic (exact) mass is 87.0 g/mol.